The summed E-state index contributed by atoms with van der Waals surface area (Å²) in [5.74, 6) is 0.0121. The zero-order valence-electron chi connectivity index (χ0n) is 11.7. The minimum atomic E-state index is -3.28. The Balaban J connectivity index is 1.68. The molecule has 2 N–H and O–H groups in total. The van der Waals surface area contributed by atoms with Gasteiger partial charge >= 0.3 is 0 Å². The molecule has 0 radical (unpaired) electrons. The minimum absolute atomic E-state index is 0.0121. The van der Waals surface area contributed by atoms with Gasteiger partial charge in [0.1, 0.15) is 0 Å². The van der Waals surface area contributed by atoms with E-state index in [9.17, 15) is 8.42 Å². The largest absolute Gasteiger partial charge is 0.311 e. The van der Waals surface area contributed by atoms with E-state index in [-0.39, 0.29) is 5.75 Å². The van der Waals surface area contributed by atoms with Crippen LogP contribution in [0.25, 0.3) is 0 Å². The standard InChI is InChI=1S/C15H19N3O2S/c19-21(20,13-15-4-2-1-3-5-15)18-11-10-17-12-14-6-8-16-9-7-14/h1-9,17-18H,10-13H2. The van der Waals surface area contributed by atoms with Gasteiger partial charge < -0.3 is 5.32 Å². The molecule has 1 aromatic heterocycles. The Bertz CT molecular complexity index is 630. The average Bonchev–Trinajstić information content (AvgIpc) is 2.48. The van der Waals surface area contributed by atoms with Gasteiger partial charge in [-0.2, -0.15) is 0 Å². The summed E-state index contributed by atoms with van der Waals surface area (Å²) in [5.41, 5.74) is 1.91. The van der Waals surface area contributed by atoms with E-state index in [0.29, 0.717) is 19.6 Å². The average molecular weight is 305 g/mol. The van der Waals surface area contributed by atoms with Gasteiger partial charge in [-0.3, -0.25) is 4.98 Å². The van der Waals surface area contributed by atoms with E-state index in [2.05, 4.69) is 15.0 Å². The Morgan fingerprint density at radius 1 is 0.905 bits per heavy atom. The predicted molar refractivity (Wildman–Crippen MR) is 83.0 cm³/mol. The molecule has 0 unspecified atom stereocenters. The molecule has 0 aliphatic heterocycles. The zero-order valence-corrected chi connectivity index (χ0v) is 12.5. The molecule has 0 bridgehead atoms. The van der Waals surface area contributed by atoms with E-state index in [0.717, 1.165) is 11.1 Å². The molecule has 0 amide bonds. The molecule has 0 aliphatic carbocycles. The first-order valence-electron chi connectivity index (χ1n) is 6.76. The smallest absolute Gasteiger partial charge is 0.215 e. The van der Waals surface area contributed by atoms with Gasteiger partial charge in [0.25, 0.3) is 0 Å². The molecule has 0 atom stereocenters. The molecule has 0 aliphatic rings. The number of sulfonamides is 1. The van der Waals surface area contributed by atoms with Gasteiger partial charge in [0.05, 0.1) is 5.75 Å². The van der Waals surface area contributed by atoms with Crippen LogP contribution < -0.4 is 10.0 Å². The van der Waals surface area contributed by atoms with Crippen molar-refractivity contribution in [2.75, 3.05) is 13.1 Å². The molecule has 0 saturated carbocycles. The monoisotopic (exact) mass is 305 g/mol. The first-order chi connectivity index (χ1) is 10.2. The second kappa shape index (κ2) is 7.87. The lowest BCUT2D eigenvalue weighted by atomic mass is 10.2. The fraction of sp³-hybridized carbons (Fsp3) is 0.267. The highest BCUT2D eigenvalue weighted by Crippen LogP contribution is 2.03. The Hall–Kier alpha value is -1.76. The van der Waals surface area contributed by atoms with Crippen LogP contribution in [-0.2, 0) is 22.3 Å². The van der Waals surface area contributed by atoms with E-state index in [1.807, 2.05) is 30.3 Å². The maximum atomic E-state index is 11.9. The van der Waals surface area contributed by atoms with Gasteiger partial charge in [0, 0.05) is 32.0 Å². The third kappa shape index (κ3) is 6.03. The second-order valence-electron chi connectivity index (χ2n) is 4.67. The van der Waals surface area contributed by atoms with E-state index in [1.54, 1.807) is 24.5 Å². The Morgan fingerprint density at radius 2 is 1.62 bits per heavy atom. The van der Waals surface area contributed by atoms with Crippen molar-refractivity contribution in [2.45, 2.75) is 12.3 Å². The summed E-state index contributed by atoms with van der Waals surface area (Å²) in [6.45, 7) is 1.65. The number of benzene rings is 1. The maximum Gasteiger partial charge on any atom is 0.215 e. The second-order valence-corrected chi connectivity index (χ2v) is 6.48. The molecule has 1 aromatic carbocycles. The van der Waals surface area contributed by atoms with Crippen molar-refractivity contribution in [1.82, 2.24) is 15.0 Å². The lowest BCUT2D eigenvalue weighted by Gasteiger charge is -2.08. The number of pyridine rings is 1. The molecule has 0 fully saturated rings. The van der Waals surface area contributed by atoms with Gasteiger partial charge in [-0.15, -0.1) is 0 Å². The van der Waals surface area contributed by atoms with Crippen LogP contribution in [0.1, 0.15) is 11.1 Å². The number of nitrogens with zero attached hydrogens (tertiary/aromatic N) is 1. The van der Waals surface area contributed by atoms with E-state index >= 15 is 0 Å². The summed E-state index contributed by atoms with van der Waals surface area (Å²) in [6.07, 6.45) is 3.47. The van der Waals surface area contributed by atoms with Crippen molar-refractivity contribution >= 4 is 10.0 Å². The van der Waals surface area contributed by atoms with Gasteiger partial charge in [0.2, 0.25) is 10.0 Å². The third-order valence-corrected chi connectivity index (χ3v) is 4.26. The SMILES string of the molecule is O=S(=O)(Cc1ccccc1)NCCNCc1ccncc1. The van der Waals surface area contributed by atoms with E-state index < -0.39 is 10.0 Å². The summed E-state index contributed by atoms with van der Waals surface area (Å²) < 4.78 is 26.4. The fourth-order valence-electron chi connectivity index (χ4n) is 1.87. The van der Waals surface area contributed by atoms with Crippen LogP contribution >= 0.6 is 0 Å². The maximum absolute atomic E-state index is 11.9. The van der Waals surface area contributed by atoms with Crippen LogP contribution in [0.4, 0.5) is 0 Å². The molecule has 1 heterocycles. The molecular formula is C15H19N3O2S. The first-order valence-corrected chi connectivity index (χ1v) is 8.42. The summed E-state index contributed by atoms with van der Waals surface area (Å²) in [7, 11) is -3.28. The topological polar surface area (TPSA) is 71.1 Å². The molecule has 21 heavy (non-hydrogen) atoms. The van der Waals surface area contributed by atoms with E-state index in [4.69, 9.17) is 0 Å². The molecule has 112 valence electrons. The minimum Gasteiger partial charge on any atom is -0.311 e. The Kier molecular flexibility index (Phi) is 5.86. The van der Waals surface area contributed by atoms with Gasteiger partial charge in [-0.25, -0.2) is 13.1 Å². The van der Waals surface area contributed by atoms with Crippen molar-refractivity contribution in [2.24, 2.45) is 0 Å². The molecule has 0 spiro atoms. The molecule has 5 nitrogen and oxygen atoms in total. The summed E-state index contributed by atoms with van der Waals surface area (Å²) in [5, 5.41) is 3.18. The Labute approximate surface area is 125 Å². The fourth-order valence-corrected chi connectivity index (χ4v) is 3.02. The van der Waals surface area contributed by atoms with Crippen molar-refractivity contribution in [1.29, 1.82) is 0 Å². The molecule has 6 heteroatoms. The van der Waals surface area contributed by atoms with E-state index in [1.165, 1.54) is 0 Å². The number of rotatable bonds is 8. The van der Waals surface area contributed by atoms with Gasteiger partial charge in [0.15, 0.2) is 0 Å². The number of nitrogens with one attached hydrogen (secondary N) is 2. The highest BCUT2D eigenvalue weighted by Gasteiger charge is 2.09. The summed E-state index contributed by atoms with van der Waals surface area (Å²) >= 11 is 0. The van der Waals surface area contributed by atoms with Crippen LogP contribution in [0.2, 0.25) is 0 Å². The molecule has 2 aromatic rings. The molecular weight excluding hydrogens is 286 g/mol. The quantitative estimate of drug-likeness (QED) is 0.721. The first kappa shape index (κ1) is 15.6. The Morgan fingerprint density at radius 3 is 2.33 bits per heavy atom. The number of aromatic nitrogens is 1. The lowest BCUT2D eigenvalue weighted by molar-refractivity contribution is 0.575. The number of hydrogen-bond donors (Lipinski definition) is 2. The molecule has 2 rings (SSSR count). The van der Waals surface area contributed by atoms with Gasteiger partial charge in [-0.05, 0) is 23.3 Å². The normalized spacial score (nSPS) is 11.4. The number of hydrogen-bond acceptors (Lipinski definition) is 4. The van der Waals surface area contributed by atoms with Crippen molar-refractivity contribution < 1.29 is 8.42 Å². The van der Waals surface area contributed by atoms with Crippen molar-refractivity contribution in [3.8, 4) is 0 Å². The van der Waals surface area contributed by atoms with Crippen molar-refractivity contribution in [3.05, 3.63) is 66.0 Å². The van der Waals surface area contributed by atoms with Crippen LogP contribution in [0.3, 0.4) is 0 Å². The zero-order chi connectivity index (χ0) is 15.0. The lowest BCUT2D eigenvalue weighted by Crippen LogP contribution is -2.32. The van der Waals surface area contributed by atoms with Gasteiger partial charge in [-0.1, -0.05) is 30.3 Å². The summed E-state index contributed by atoms with van der Waals surface area (Å²) in [6, 6.07) is 13.0. The van der Waals surface area contributed by atoms with Crippen LogP contribution in [-0.4, -0.2) is 26.5 Å². The summed E-state index contributed by atoms with van der Waals surface area (Å²) in [4.78, 5) is 3.94. The highest BCUT2D eigenvalue weighted by molar-refractivity contribution is 7.88. The van der Waals surface area contributed by atoms with Crippen LogP contribution in [0.15, 0.2) is 54.9 Å². The highest BCUT2D eigenvalue weighted by atomic mass is 32.2. The van der Waals surface area contributed by atoms with Crippen molar-refractivity contribution in [3.63, 3.8) is 0 Å². The third-order valence-electron chi connectivity index (χ3n) is 2.90. The predicted octanol–water partition coefficient (Wildman–Crippen LogP) is 1.29. The van der Waals surface area contributed by atoms with Crippen LogP contribution in [0, 0.1) is 0 Å². The van der Waals surface area contributed by atoms with Crippen LogP contribution in [0.5, 0.6) is 0 Å². The molecule has 0 saturated heterocycles.